The number of ether oxygens (including phenoxy) is 1. The minimum Gasteiger partial charge on any atom is -0.483 e. The van der Waals surface area contributed by atoms with Crippen LogP contribution in [0, 0.1) is 11.7 Å². The van der Waals surface area contributed by atoms with Gasteiger partial charge in [-0.15, -0.1) is 10.2 Å². The first-order valence-corrected chi connectivity index (χ1v) is 11.9. The lowest BCUT2D eigenvalue weighted by Crippen LogP contribution is -2.41. The predicted molar refractivity (Wildman–Crippen MR) is 122 cm³/mol. The molecule has 1 heterocycles. The Labute approximate surface area is 191 Å². The highest BCUT2D eigenvalue weighted by Crippen LogP contribution is 2.26. The molecule has 0 spiro atoms. The van der Waals surface area contributed by atoms with Crippen LogP contribution >= 0.6 is 11.8 Å². The lowest BCUT2D eigenvalue weighted by Gasteiger charge is -2.29. The van der Waals surface area contributed by atoms with Crippen LogP contribution in [0.5, 0.6) is 5.75 Å². The molecule has 1 aliphatic carbocycles. The van der Waals surface area contributed by atoms with E-state index in [2.05, 4.69) is 22.4 Å². The highest BCUT2D eigenvalue weighted by Gasteiger charge is 2.23. The SMILES string of the molecule is C[C@H]1CCCC[C@H]1NC(=O)CSc1nnc(COc2ccccc2F)n1-c1ccccc1. The van der Waals surface area contributed by atoms with Crippen LogP contribution in [0.4, 0.5) is 4.39 Å². The fourth-order valence-corrected chi connectivity index (χ4v) is 4.72. The largest absolute Gasteiger partial charge is 0.483 e. The standard InChI is InChI=1S/C24H27FN4O2S/c1-17-9-5-7-13-20(17)26-23(30)16-32-24-28-27-22(29(24)18-10-3-2-4-11-18)15-31-21-14-8-6-12-19(21)25/h2-4,6,8,10-12,14,17,20H,5,7,9,13,15-16H2,1H3,(H,26,30)/t17-,20+/m0/s1. The maximum atomic E-state index is 13.9. The molecule has 6 nitrogen and oxygen atoms in total. The van der Waals surface area contributed by atoms with Gasteiger partial charge in [-0.25, -0.2) is 4.39 Å². The van der Waals surface area contributed by atoms with Gasteiger partial charge in [-0.05, 0) is 43.0 Å². The summed E-state index contributed by atoms with van der Waals surface area (Å²) >= 11 is 1.33. The molecule has 1 fully saturated rings. The van der Waals surface area contributed by atoms with E-state index >= 15 is 0 Å². The number of nitrogens with one attached hydrogen (secondary N) is 1. The summed E-state index contributed by atoms with van der Waals surface area (Å²) in [5.41, 5.74) is 0.855. The smallest absolute Gasteiger partial charge is 0.230 e. The van der Waals surface area contributed by atoms with Gasteiger partial charge in [-0.1, -0.05) is 61.9 Å². The van der Waals surface area contributed by atoms with Gasteiger partial charge in [-0.3, -0.25) is 9.36 Å². The number of benzene rings is 2. The molecule has 0 aliphatic heterocycles. The molecule has 0 unspecified atom stereocenters. The molecule has 2 aromatic carbocycles. The molecule has 4 rings (SSSR count). The van der Waals surface area contributed by atoms with E-state index < -0.39 is 5.82 Å². The van der Waals surface area contributed by atoms with Gasteiger partial charge in [0.05, 0.1) is 5.75 Å². The summed E-state index contributed by atoms with van der Waals surface area (Å²) in [5, 5.41) is 12.3. The van der Waals surface area contributed by atoms with E-state index in [1.165, 1.54) is 24.2 Å². The van der Waals surface area contributed by atoms with Crippen molar-refractivity contribution in [1.82, 2.24) is 20.1 Å². The van der Waals surface area contributed by atoms with Crippen molar-refractivity contribution in [2.24, 2.45) is 5.92 Å². The van der Waals surface area contributed by atoms with Gasteiger partial charge in [0.15, 0.2) is 22.5 Å². The van der Waals surface area contributed by atoms with Crippen molar-refractivity contribution in [2.45, 2.75) is 50.4 Å². The monoisotopic (exact) mass is 454 g/mol. The molecule has 1 saturated carbocycles. The van der Waals surface area contributed by atoms with Crippen molar-refractivity contribution in [3.63, 3.8) is 0 Å². The fourth-order valence-electron chi connectivity index (χ4n) is 3.94. The summed E-state index contributed by atoms with van der Waals surface area (Å²) in [4.78, 5) is 12.6. The summed E-state index contributed by atoms with van der Waals surface area (Å²) in [6.45, 7) is 2.25. The molecule has 0 radical (unpaired) electrons. The van der Waals surface area contributed by atoms with Crippen LogP contribution in [0.3, 0.4) is 0 Å². The average Bonchev–Trinajstić information content (AvgIpc) is 3.22. The summed E-state index contributed by atoms with van der Waals surface area (Å²) in [6.07, 6.45) is 4.59. The number of carbonyl (C=O) groups excluding carboxylic acids is 1. The van der Waals surface area contributed by atoms with E-state index in [0.29, 0.717) is 16.9 Å². The summed E-state index contributed by atoms with van der Waals surface area (Å²) in [6, 6.07) is 16.1. The Hall–Kier alpha value is -2.87. The Morgan fingerprint density at radius 3 is 2.66 bits per heavy atom. The Morgan fingerprint density at radius 1 is 1.12 bits per heavy atom. The van der Waals surface area contributed by atoms with Gasteiger partial charge in [0, 0.05) is 11.7 Å². The minimum absolute atomic E-state index is 0.000480. The zero-order valence-corrected chi connectivity index (χ0v) is 18.9. The van der Waals surface area contributed by atoms with Gasteiger partial charge in [0.1, 0.15) is 6.61 Å². The first-order valence-electron chi connectivity index (χ1n) is 10.9. The van der Waals surface area contributed by atoms with E-state index in [0.717, 1.165) is 24.9 Å². The van der Waals surface area contributed by atoms with Crippen LogP contribution in [0.25, 0.3) is 5.69 Å². The van der Waals surface area contributed by atoms with E-state index in [-0.39, 0.29) is 30.1 Å². The van der Waals surface area contributed by atoms with Crippen LogP contribution in [0.15, 0.2) is 59.8 Å². The molecular formula is C24H27FN4O2S. The first-order chi connectivity index (χ1) is 15.6. The van der Waals surface area contributed by atoms with Crippen molar-refractivity contribution in [2.75, 3.05) is 5.75 Å². The lowest BCUT2D eigenvalue weighted by atomic mass is 9.86. The van der Waals surface area contributed by atoms with Crippen LogP contribution in [-0.4, -0.2) is 32.5 Å². The molecule has 2 atom stereocenters. The second kappa shape index (κ2) is 10.6. The number of hydrogen-bond acceptors (Lipinski definition) is 5. The van der Waals surface area contributed by atoms with Crippen molar-refractivity contribution >= 4 is 17.7 Å². The molecule has 0 saturated heterocycles. The number of thioether (sulfide) groups is 1. The summed E-state index contributed by atoms with van der Waals surface area (Å²) in [7, 11) is 0. The molecule has 0 bridgehead atoms. The zero-order valence-electron chi connectivity index (χ0n) is 18.0. The number of para-hydroxylation sites is 2. The molecule has 1 amide bonds. The quantitative estimate of drug-likeness (QED) is 0.497. The molecule has 1 aliphatic rings. The summed E-state index contributed by atoms with van der Waals surface area (Å²) < 4.78 is 21.4. The van der Waals surface area contributed by atoms with E-state index in [1.54, 1.807) is 18.2 Å². The van der Waals surface area contributed by atoms with Crippen LogP contribution in [0.1, 0.15) is 38.4 Å². The molecule has 1 N–H and O–H groups in total. The number of rotatable bonds is 8. The van der Waals surface area contributed by atoms with Gasteiger partial charge < -0.3 is 10.1 Å². The number of carbonyl (C=O) groups is 1. The van der Waals surface area contributed by atoms with E-state index in [4.69, 9.17) is 4.74 Å². The number of aromatic nitrogens is 3. The number of hydrogen-bond donors (Lipinski definition) is 1. The van der Waals surface area contributed by atoms with Crippen molar-refractivity contribution in [3.05, 3.63) is 66.2 Å². The Balaban J connectivity index is 1.47. The highest BCUT2D eigenvalue weighted by molar-refractivity contribution is 7.99. The topological polar surface area (TPSA) is 69.0 Å². The molecule has 168 valence electrons. The van der Waals surface area contributed by atoms with Crippen molar-refractivity contribution in [3.8, 4) is 11.4 Å². The summed E-state index contributed by atoms with van der Waals surface area (Å²) in [5.74, 6) is 1.02. The van der Waals surface area contributed by atoms with Crippen LogP contribution in [-0.2, 0) is 11.4 Å². The second-order valence-electron chi connectivity index (χ2n) is 8.01. The second-order valence-corrected chi connectivity index (χ2v) is 8.96. The van der Waals surface area contributed by atoms with Crippen molar-refractivity contribution < 1.29 is 13.9 Å². The van der Waals surface area contributed by atoms with Gasteiger partial charge >= 0.3 is 0 Å². The van der Waals surface area contributed by atoms with Gasteiger partial charge in [0.2, 0.25) is 5.91 Å². The van der Waals surface area contributed by atoms with Crippen LogP contribution < -0.4 is 10.1 Å². The third-order valence-electron chi connectivity index (χ3n) is 5.70. The maximum absolute atomic E-state index is 13.9. The molecule has 1 aromatic heterocycles. The number of amides is 1. The third-order valence-corrected chi connectivity index (χ3v) is 6.63. The Morgan fingerprint density at radius 2 is 1.88 bits per heavy atom. The Bertz CT molecular complexity index is 1040. The van der Waals surface area contributed by atoms with Gasteiger partial charge in [-0.2, -0.15) is 0 Å². The normalized spacial score (nSPS) is 18.3. The van der Waals surface area contributed by atoms with E-state index in [1.807, 2.05) is 34.9 Å². The minimum atomic E-state index is -0.429. The average molecular weight is 455 g/mol. The Kier molecular flexibility index (Phi) is 7.42. The zero-order chi connectivity index (χ0) is 22.3. The first kappa shape index (κ1) is 22.3. The third kappa shape index (κ3) is 5.48. The van der Waals surface area contributed by atoms with Gasteiger partial charge in [0.25, 0.3) is 0 Å². The van der Waals surface area contributed by atoms with Crippen LogP contribution in [0.2, 0.25) is 0 Å². The predicted octanol–water partition coefficient (Wildman–Crippen LogP) is 4.77. The molecule has 3 aromatic rings. The molecular weight excluding hydrogens is 427 g/mol. The molecule has 8 heteroatoms. The fraction of sp³-hybridized carbons (Fsp3) is 0.375. The lowest BCUT2D eigenvalue weighted by molar-refractivity contribution is -0.119. The van der Waals surface area contributed by atoms with Crippen molar-refractivity contribution in [1.29, 1.82) is 0 Å². The highest BCUT2D eigenvalue weighted by atomic mass is 32.2. The maximum Gasteiger partial charge on any atom is 0.230 e. The number of halogens is 1. The molecule has 32 heavy (non-hydrogen) atoms. The number of nitrogens with zero attached hydrogens (tertiary/aromatic N) is 3. The van der Waals surface area contributed by atoms with E-state index in [9.17, 15) is 9.18 Å².